The monoisotopic (exact) mass is 454 g/mol. The molecule has 0 saturated carbocycles. The molecular weight excluding hydrogens is 432 g/mol. The molecule has 0 amide bonds. The Balaban J connectivity index is 1.26. The number of benzene rings is 1. The number of rotatable bonds is 5. The number of hydrogen-bond acceptors (Lipinski definition) is 9. The van der Waals surface area contributed by atoms with Crippen molar-refractivity contribution in [3.05, 3.63) is 55.0 Å². The van der Waals surface area contributed by atoms with Crippen molar-refractivity contribution in [1.82, 2.24) is 19.3 Å². The van der Waals surface area contributed by atoms with Crippen LogP contribution in [-0.4, -0.2) is 67.1 Å². The molecule has 0 unspecified atom stereocenters. The first-order valence-corrected chi connectivity index (χ1v) is 11.7. The molecule has 2 aromatic heterocycles. The molecule has 1 saturated heterocycles. The van der Waals surface area contributed by atoms with Gasteiger partial charge in [0.1, 0.15) is 37.0 Å². The van der Waals surface area contributed by atoms with Gasteiger partial charge in [0.05, 0.1) is 4.90 Å². The molecule has 0 spiro atoms. The Morgan fingerprint density at radius 3 is 2.44 bits per heavy atom. The highest BCUT2D eigenvalue weighted by atomic mass is 32.2. The molecule has 1 aromatic carbocycles. The second kappa shape index (κ2) is 8.60. The smallest absolute Gasteiger partial charge is 0.243 e. The van der Waals surface area contributed by atoms with E-state index in [1.54, 1.807) is 18.3 Å². The Morgan fingerprint density at radius 1 is 0.844 bits per heavy atom. The van der Waals surface area contributed by atoms with E-state index in [1.807, 2.05) is 29.2 Å². The van der Waals surface area contributed by atoms with Gasteiger partial charge in [-0.2, -0.15) is 4.31 Å². The summed E-state index contributed by atoms with van der Waals surface area (Å²) in [7, 11) is -3.63. The number of aromatic nitrogens is 3. The molecule has 2 aliphatic heterocycles. The van der Waals surface area contributed by atoms with Crippen LogP contribution >= 0.6 is 0 Å². The van der Waals surface area contributed by atoms with Crippen molar-refractivity contribution in [3.8, 4) is 11.5 Å². The van der Waals surface area contributed by atoms with Crippen molar-refractivity contribution in [2.45, 2.75) is 4.90 Å². The van der Waals surface area contributed by atoms with E-state index in [4.69, 9.17) is 9.47 Å². The van der Waals surface area contributed by atoms with Crippen LogP contribution in [0.4, 0.5) is 17.5 Å². The lowest BCUT2D eigenvalue weighted by molar-refractivity contribution is 0.171. The number of fused-ring (bicyclic) bond motifs is 1. The number of hydrogen-bond donors (Lipinski definition) is 1. The molecule has 1 N–H and O–H groups in total. The predicted molar refractivity (Wildman–Crippen MR) is 118 cm³/mol. The van der Waals surface area contributed by atoms with Gasteiger partial charge < -0.3 is 19.7 Å². The lowest BCUT2D eigenvalue weighted by Crippen LogP contribution is -2.48. The molecule has 2 aliphatic rings. The summed E-state index contributed by atoms with van der Waals surface area (Å²) in [4.78, 5) is 15.1. The van der Waals surface area contributed by atoms with E-state index in [1.165, 1.54) is 16.7 Å². The number of ether oxygens (including phenoxy) is 2. The van der Waals surface area contributed by atoms with E-state index < -0.39 is 10.0 Å². The third kappa shape index (κ3) is 4.16. The fraction of sp³-hybridized carbons (Fsp3) is 0.286. The quantitative estimate of drug-likeness (QED) is 0.618. The van der Waals surface area contributed by atoms with Crippen LogP contribution in [0.5, 0.6) is 11.5 Å². The highest BCUT2D eigenvalue weighted by molar-refractivity contribution is 7.89. The van der Waals surface area contributed by atoms with Crippen LogP contribution in [0, 0.1) is 0 Å². The minimum absolute atomic E-state index is 0.207. The summed E-state index contributed by atoms with van der Waals surface area (Å²) < 4.78 is 38.8. The fourth-order valence-electron chi connectivity index (χ4n) is 3.65. The molecular formula is C21H22N6O4S. The predicted octanol–water partition coefficient (Wildman–Crippen LogP) is 1.90. The second-order valence-electron chi connectivity index (χ2n) is 7.30. The minimum Gasteiger partial charge on any atom is -0.486 e. The Labute approximate surface area is 185 Å². The van der Waals surface area contributed by atoms with Crippen LogP contribution in [0.2, 0.25) is 0 Å². The molecule has 10 nitrogen and oxygen atoms in total. The number of anilines is 3. The lowest BCUT2D eigenvalue weighted by atomic mass is 10.3. The molecule has 0 bridgehead atoms. The van der Waals surface area contributed by atoms with Crippen molar-refractivity contribution in [2.75, 3.05) is 49.6 Å². The van der Waals surface area contributed by atoms with Gasteiger partial charge in [0.25, 0.3) is 0 Å². The van der Waals surface area contributed by atoms with Crippen LogP contribution in [0.15, 0.2) is 59.9 Å². The molecule has 0 atom stereocenters. The number of pyridine rings is 1. The average Bonchev–Trinajstić information content (AvgIpc) is 2.84. The third-order valence-corrected chi connectivity index (χ3v) is 7.18. The van der Waals surface area contributed by atoms with Gasteiger partial charge in [0.2, 0.25) is 10.0 Å². The summed E-state index contributed by atoms with van der Waals surface area (Å²) in [5, 5.41) is 3.15. The van der Waals surface area contributed by atoms with Crippen molar-refractivity contribution in [3.63, 3.8) is 0 Å². The summed E-state index contributed by atoms with van der Waals surface area (Å²) in [6.07, 6.45) is 3.19. The van der Waals surface area contributed by atoms with Crippen LogP contribution in [0.25, 0.3) is 0 Å². The lowest BCUT2D eigenvalue weighted by Gasteiger charge is -2.34. The largest absolute Gasteiger partial charge is 0.486 e. The van der Waals surface area contributed by atoms with Crippen LogP contribution in [0.3, 0.4) is 0 Å². The molecule has 0 aliphatic carbocycles. The van der Waals surface area contributed by atoms with Crippen molar-refractivity contribution < 1.29 is 17.9 Å². The zero-order chi connectivity index (χ0) is 22.0. The first-order valence-electron chi connectivity index (χ1n) is 10.2. The minimum atomic E-state index is -3.63. The molecule has 3 aromatic rings. The van der Waals surface area contributed by atoms with Crippen LogP contribution < -0.4 is 19.7 Å². The summed E-state index contributed by atoms with van der Waals surface area (Å²) >= 11 is 0. The van der Waals surface area contributed by atoms with Gasteiger partial charge in [-0.3, -0.25) is 0 Å². The Kier molecular flexibility index (Phi) is 5.50. The first-order chi connectivity index (χ1) is 15.6. The van der Waals surface area contributed by atoms with Crippen LogP contribution in [0.1, 0.15) is 0 Å². The van der Waals surface area contributed by atoms with Crippen LogP contribution in [-0.2, 0) is 10.0 Å². The zero-order valence-corrected chi connectivity index (χ0v) is 18.0. The normalized spacial score (nSPS) is 16.6. The molecule has 166 valence electrons. The molecule has 4 heterocycles. The van der Waals surface area contributed by atoms with Crippen molar-refractivity contribution in [2.24, 2.45) is 0 Å². The Hall–Kier alpha value is -3.44. The number of nitrogens with zero attached hydrogens (tertiary/aromatic N) is 5. The third-order valence-electron chi connectivity index (χ3n) is 5.29. The molecule has 0 radical (unpaired) electrons. The zero-order valence-electron chi connectivity index (χ0n) is 17.2. The van der Waals surface area contributed by atoms with Gasteiger partial charge in [-0.05, 0) is 24.3 Å². The molecule has 5 rings (SSSR count). The Morgan fingerprint density at radius 2 is 1.66 bits per heavy atom. The van der Waals surface area contributed by atoms with Gasteiger partial charge in [-0.25, -0.2) is 23.4 Å². The maximum absolute atomic E-state index is 13.1. The summed E-state index contributed by atoms with van der Waals surface area (Å²) in [6, 6.07) is 12.2. The average molecular weight is 455 g/mol. The molecule has 11 heteroatoms. The van der Waals surface area contributed by atoms with Gasteiger partial charge in [0, 0.05) is 44.5 Å². The van der Waals surface area contributed by atoms with Crippen molar-refractivity contribution >= 4 is 27.5 Å². The number of piperazine rings is 1. The van der Waals surface area contributed by atoms with E-state index in [9.17, 15) is 8.42 Å². The van der Waals surface area contributed by atoms with Gasteiger partial charge in [-0.1, -0.05) is 6.07 Å². The topological polar surface area (TPSA) is 110 Å². The Bertz CT molecular complexity index is 1200. The van der Waals surface area contributed by atoms with Crippen molar-refractivity contribution in [1.29, 1.82) is 0 Å². The first kappa shape index (κ1) is 20.5. The van der Waals surface area contributed by atoms with E-state index in [0.29, 0.717) is 62.5 Å². The second-order valence-corrected chi connectivity index (χ2v) is 9.24. The highest BCUT2D eigenvalue weighted by Crippen LogP contribution is 2.33. The molecule has 32 heavy (non-hydrogen) atoms. The summed E-state index contributed by atoms with van der Waals surface area (Å²) in [6.45, 7) is 2.61. The maximum Gasteiger partial charge on any atom is 0.243 e. The fourth-order valence-corrected chi connectivity index (χ4v) is 5.09. The highest BCUT2D eigenvalue weighted by Gasteiger charge is 2.30. The number of nitrogens with one attached hydrogen (secondary N) is 1. The maximum atomic E-state index is 13.1. The van der Waals surface area contributed by atoms with E-state index >= 15 is 0 Å². The van der Waals surface area contributed by atoms with Gasteiger partial charge in [0.15, 0.2) is 11.5 Å². The van der Waals surface area contributed by atoms with E-state index in [-0.39, 0.29) is 4.90 Å². The summed E-state index contributed by atoms with van der Waals surface area (Å²) in [5.74, 6) is 3.08. The number of sulfonamides is 1. The SMILES string of the molecule is O=S(=O)(c1ccc2c(c1)OCCO2)N1CCN(c2cc(Nc3ccccn3)ncn2)CC1. The van der Waals surface area contributed by atoms with E-state index in [0.717, 1.165) is 5.82 Å². The summed E-state index contributed by atoms with van der Waals surface area (Å²) in [5.41, 5.74) is 0. The van der Waals surface area contributed by atoms with E-state index in [2.05, 4.69) is 20.3 Å². The van der Waals surface area contributed by atoms with Gasteiger partial charge >= 0.3 is 0 Å². The standard InChI is InChI=1S/C21H22N6O4S/c28-32(29,16-4-5-17-18(13-16)31-12-11-30-17)27-9-7-26(8-10-27)21-14-20(23-15-24-21)25-19-3-1-2-6-22-19/h1-6,13-15H,7-12H2,(H,22,23,24,25). The van der Waals surface area contributed by atoms with Gasteiger partial charge in [-0.15, -0.1) is 0 Å². The molecule has 1 fully saturated rings.